The molecular formula is C20H29FN8. The van der Waals surface area contributed by atoms with E-state index in [4.69, 9.17) is 11.5 Å². The highest BCUT2D eigenvalue weighted by molar-refractivity contribution is 5.54. The van der Waals surface area contributed by atoms with Crippen molar-refractivity contribution in [2.24, 2.45) is 17.8 Å². The zero-order valence-electron chi connectivity index (χ0n) is 16.8. The number of benzene rings is 1. The van der Waals surface area contributed by atoms with Crippen molar-refractivity contribution in [1.82, 2.24) is 25.0 Å². The van der Waals surface area contributed by atoms with Crippen LogP contribution in [0.3, 0.4) is 0 Å². The van der Waals surface area contributed by atoms with Crippen LogP contribution in [0.5, 0.6) is 0 Å². The molecule has 2 aromatic rings. The Kier molecular flexibility index (Phi) is 4.59. The third-order valence-electron chi connectivity index (χ3n) is 6.96. The summed E-state index contributed by atoms with van der Waals surface area (Å²) < 4.78 is 16.2. The van der Waals surface area contributed by atoms with Gasteiger partial charge >= 0.3 is 0 Å². The predicted molar refractivity (Wildman–Crippen MR) is 111 cm³/mol. The molecule has 5 rings (SSSR count). The van der Waals surface area contributed by atoms with Gasteiger partial charge in [0.15, 0.2) is 0 Å². The predicted octanol–water partition coefficient (Wildman–Crippen LogP) is 0.937. The Morgan fingerprint density at radius 3 is 2.62 bits per heavy atom. The Morgan fingerprint density at radius 1 is 1.14 bits per heavy atom. The number of nitrogens with zero attached hydrogens (tertiary/aromatic N) is 5. The molecule has 4 heterocycles. The van der Waals surface area contributed by atoms with Crippen molar-refractivity contribution in [3.8, 4) is 5.69 Å². The molecule has 9 heteroatoms. The van der Waals surface area contributed by atoms with Crippen LogP contribution in [-0.4, -0.2) is 65.5 Å². The Balaban J connectivity index is 1.26. The molecule has 3 fully saturated rings. The minimum Gasteiger partial charge on any atom is -0.369 e. The van der Waals surface area contributed by atoms with Gasteiger partial charge in [0.25, 0.3) is 0 Å². The number of halogens is 1. The van der Waals surface area contributed by atoms with Gasteiger partial charge in [-0.2, -0.15) is 9.67 Å². The van der Waals surface area contributed by atoms with Gasteiger partial charge in [0.1, 0.15) is 5.82 Å². The lowest BCUT2D eigenvalue weighted by atomic mass is 9.81. The molecule has 3 unspecified atom stereocenters. The minimum atomic E-state index is -0.272. The van der Waals surface area contributed by atoms with Crippen LogP contribution in [0.15, 0.2) is 18.2 Å². The molecule has 5 N–H and O–H groups in total. The van der Waals surface area contributed by atoms with Gasteiger partial charge in [0, 0.05) is 38.3 Å². The second kappa shape index (κ2) is 7.14. The van der Waals surface area contributed by atoms with Crippen LogP contribution in [0.25, 0.3) is 5.69 Å². The topological polar surface area (TPSA) is 101 Å². The van der Waals surface area contributed by atoms with E-state index in [-0.39, 0.29) is 17.7 Å². The number of anilines is 3. The van der Waals surface area contributed by atoms with E-state index in [2.05, 4.69) is 32.2 Å². The molecule has 29 heavy (non-hydrogen) atoms. The van der Waals surface area contributed by atoms with Crippen LogP contribution in [-0.2, 0) is 0 Å². The second-order valence-corrected chi connectivity index (χ2v) is 8.78. The fraction of sp³-hybridized carbons (Fsp3) is 0.600. The van der Waals surface area contributed by atoms with Gasteiger partial charge in [-0.25, -0.2) is 4.39 Å². The summed E-state index contributed by atoms with van der Waals surface area (Å²) in [4.78, 5) is 8.49. The van der Waals surface area contributed by atoms with Crippen molar-refractivity contribution < 1.29 is 4.39 Å². The maximum absolute atomic E-state index is 14.9. The number of likely N-dealkylation sites (tertiary alicyclic amines) is 1. The van der Waals surface area contributed by atoms with E-state index >= 15 is 0 Å². The molecule has 0 amide bonds. The van der Waals surface area contributed by atoms with Crippen LogP contribution in [0.4, 0.5) is 22.0 Å². The number of aromatic nitrogens is 3. The van der Waals surface area contributed by atoms with E-state index in [1.54, 1.807) is 6.07 Å². The summed E-state index contributed by atoms with van der Waals surface area (Å²) in [5.74, 6) is 2.19. The molecule has 0 saturated carbocycles. The molecule has 0 aliphatic carbocycles. The summed E-state index contributed by atoms with van der Waals surface area (Å²) in [5, 5.41) is 7.81. The Labute approximate surface area is 170 Å². The first kappa shape index (κ1) is 18.6. The molecule has 0 radical (unpaired) electrons. The summed E-state index contributed by atoms with van der Waals surface area (Å²) in [5.41, 5.74) is 12.5. The summed E-state index contributed by atoms with van der Waals surface area (Å²) in [6, 6.07) is 5.67. The molecule has 3 aliphatic rings. The maximum atomic E-state index is 14.9. The van der Waals surface area contributed by atoms with E-state index in [0.717, 1.165) is 44.3 Å². The van der Waals surface area contributed by atoms with Crippen molar-refractivity contribution in [3.05, 3.63) is 24.0 Å². The van der Waals surface area contributed by atoms with Gasteiger partial charge in [-0.3, -0.25) is 0 Å². The first-order chi connectivity index (χ1) is 14.0. The highest BCUT2D eigenvalue weighted by Crippen LogP contribution is 2.37. The summed E-state index contributed by atoms with van der Waals surface area (Å²) in [6.45, 7) is 5.32. The van der Waals surface area contributed by atoms with Crippen LogP contribution in [0, 0.1) is 23.6 Å². The SMILES string of the molecule is CN1CC2CNC(C3CCN(c4ccc(-n5nc(N)nc5N)cc4F)CC3)C2C1. The quantitative estimate of drug-likeness (QED) is 0.705. The van der Waals surface area contributed by atoms with E-state index in [1.165, 1.54) is 23.8 Å². The Bertz CT molecular complexity index is 891. The van der Waals surface area contributed by atoms with E-state index < -0.39 is 0 Å². The highest BCUT2D eigenvalue weighted by atomic mass is 19.1. The molecule has 156 valence electrons. The fourth-order valence-corrected chi connectivity index (χ4v) is 5.61. The third-order valence-corrected chi connectivity index (χ3v) is 6.96. The average Bonchev–Trinajstić information content (AvgIpc) is 3.35. The lowest BCUT2D eigenvalue weighted by molar-refractivity contribution is 0.253. The fourth-order valence-electron chi connectivity index (χ4n) is 5.61. The molecule has 1 aromatic heterocycles. The van der Waals surface area contributed by atoms with Gasteiger partial charge in [-0.15, -0.1) is 5.10 Å². The second-order valence-electron chi connectivity index (χ2n) is 8.78. The molecule has 1 aromatic carbocycles. The van der Waals surface area contributed by atoms with Gasteiger partial charge in [0.05, 0.1) is 11.4 Å². The molecule has 0 spiro atoms. The summed E-state index contributed by atoms with van der Waals surface area (Å²) in [7, 11) is 2.23. The van der Waals surface area contributed by atoms with Gasteiger partial charge in [0.2, 0.25) is 11.9 Å². The third kappa shape index (κ3) is 3.32. The van der Waals surface area contributed by atoms with Gasteiger partial charge < -0.3 is 26.6 Å². The molecule has 3 atom stereocenters. The smallest absolute Gasteiger partial charge is 0.241 e. The summed E-state index contributed by atoms with van der Waals surface area (Å²) in [6.07, 6.45) is 2.19. The van der Waals surface area contributed by atoms with Crippen molar-refractivity contribution in [3.63, 3.8) is 0 Å². The zero-order valence-corrected chi connectivity index (χ0v) is 16.8. The molecule has 3 aliphatic heterocycles. The Hall–Kier alpha value is -2.39. The van der Waals surface area contributed by atoms with Gasteiger partial charge in [-0.1, -0.05) is 0 Å². The first-order valence-corrected chi connectivity index (χ1v) is 10.4. The number of nitrogens with one attached hydrogen (secondary N) is 1. The number of hydrogen-bond donors (Lipinski definition) is 3. The largest absolute Gasteiger partial charge is 0.369 e. The minimum absolute atomic E-state index is 0.0743. The number of hydrogen-bond acceptors (Lipinski definition) is 7. The lowest BCUT2D eigenvalue weighted by Crippen LogP contribution is -2.44. The normalized spacial score (nSPS) is 28.2. The van der Waals surface area contributed by atoms with E-state index in [0.29, 0.717) is 23.3 Å². The number of piperidine rings is 1. The molecule has 3 saturated heterocycles. The van der Waals surface area contributed by atoms with Crippen molar-refractivity contribution in [2.75, 3.05) is 56.1 Å². The number of nitrogens with two attached hydrogens (primary N) is 2. The lowest BCUT2D eigenvalue weighted by Gasteiger charge is -2.38. The molecular weight excluding hydrogens is 371 g/mol. The maximum Gasteiger partial charge on any atom is 0.241 e. The van der Waals surface area contributed by atoms with E-state index in [9.17, 15) is 4.39 Å². The average molecular weight is 401 g/mol. The highest BCUT2D eigenvalue weighted by Gasteiger charge is 2.44. The van der Waals surface area contributed by atoms with Crippen LogP contribution < -0.4 is 21.7 Å². The van der Waals surface area contributed by atoms with Crippen molar-refractivity contribution >= 4 is 17.6 Å². The number of nitrogen functional groups attached to an aromatic ring is 2. The van der Waals surface area contributed by atoms with E-state index in [1.807, 2.05) is 6.07 Å². The summed E-state index contributed by atoms with van der Waals surface area (Å²) >= 11 is 0. The first-order valence-electron chi connectivity index (χ1n) is 10.4. The Morgan fingerprint density at radius 2 is 1.93 bits per heavy atom. The number of fused-ring (bicyclic) bond motifs is 1. The standard InChI is InChI=1S/C20H29FN8/c1-27-10-13-9-24-18(15(13)11-27)12-4-6-28(7-5-12)17-3-2-14(8-16(17)21)29-20(23)25-19(22)26-29/h2-3,8,12-13,15,18,24H,4-7,9-11H2,1H3,(H4,22,23,25,26). The zero-order chi connectivity index (χ0) is 20.1. The van der Waals surface area contributed by atoms with Crippen LogP contribution >= 0.6 is 0 Å². The molecule has 0 bridgehead atoms. The van der Waals surface area contributed by atoms with Crippen molar-refractivity contribution in [1.29, 1.82) is 0 Å². The number of rotatable bonds is 3. The monoisotopic (exact) mass is 400 g/mol. The van der Waals surface area contributed by atoms with Gasteiger partial charge in [-0.05, 0) is 56.3 Å². The molecule has 8 nitrogen and oxygen atoms in total. The van der Waals surface area contributed by atoms with Crippen LogP contribution in [0.1, 0.15) is 12.8 Å². The van der Waals surface area contributed by atoms with Crippen molar-refractivity contribution in [2.45, 2.75) is 18.9 Å². The van der Waals surface area contributed by atoms with Crippen LogP contribution in [0.2, 0.25) is 0 Å².